The molecule has 0 spiro atoms. The first-order valence-corrected chi connectivity index (χ1v) is 9.79. The highest BCUT2D eigenvalue weighted by Gasteiger charge is 2.23. The summed E-state index contributed by atoms with van der Waals surface area (Å²) in [7, 11) is -3.41. The van der Waals surface area contributed by atoms with Gasteiger partial charge in [-0.05, 0) is 24.3 Å². The van der Waals surface area contributed by atoms with Crippen molar-refractivity contribution < 1.29 is 31.0 Å². The van der Waals surface area contributed by atoms with Crippen LogP contribution in [0.1, 0.15) is 10.4 Å². The average molecular weight is 413 g/mol. The van der Waals surface area contributed by atoms with Crippen molar-refractivity contribution in [3.63, 3.8) is 0 Å². The molecule has 0 N–H and O–H groups in total. The van der Waals surface area contributed by atoms with E-state index in [4.69, 9.17) is 17.7 Å². The second-order valence-corrected chi connectivity index (χ2v) is 6.85. The molecular formula is C21H16FNO5S. The van der Waals surface area contributed by atoms with E-state index in [1.54, 1.807) is 12.1 Å². The van der Waals surface area contributed by atoms with Crippen LogP contribution >= 0.6 is 0 Å². The number of fused-ring (bicyclic) bond motifs is 2. The summed E-state index contributed by atoms with van der Waals surface area (Å²) in [5.41, 5.74) is 2.59. The molecule has 8 heteroatoms. The van der Waals surface area contributed by atoms with E-state index in [1.165, 1.54) is 0 Å². The Kier molecular flexibility index (Phi) is 5.86. The maximum Gasteiger partial charge on any atom is 0.345 e. The van der Waals surface area contributed by atoms with Crippen LogP contribution in [0.4, 0.5) is 3.89 Å². The Morgan fingerprint density at radius 2 is 1.28 bits per heavy atom. The maximum absolute atomic E-state index is 12.9. The fourth-order valence-corrected chi connectivity index (χ4v) is 3.10. The Morgan fingerprint density at radius 1 is 0.862 bits per heavy atom. The van der Waals surface area contributed by atoms with Crippen molar-refractivity contribution in [2.75, 3.05) is 0 Å². The molecular weight excluding hydrogens is 397 g/mol. The molecule has 0 aliphatic heterocycles. The quantitative estimate of drug-likeness (QED) is 0.125. The normalized spacial score (nSPS) is 11.0. The lowest BCUT2D eigenvalue weighted by atomic mass is 10.0. The number of carbonyl (C=O) groups excluding carboxylic acids is 1. The first-order valence-electron chi connectivity index (χ1n) is 8.48. The summed E-state index contributed by atoms with van der Waals surface area (Å²) in [6, 6.07) is 24.9. The van der Waals surface area contributed by atoms with Gasteiger partial charge in [0.25, 0.3) is 10.5 Å². The van der Waals surface area contributed by atoms with E-state index in [0.717, 1.165) is 21.8 Å². The molecule has 3 aromatic carbocycles. The van der Waals surface area contributed by atoms with Gasteiger partial charge in [-0.1, -0.05) is 42.5 Å². The number of halogens is 1. The standard InChI is InChI=1S/C21H16NO2.FHO3S/c1-22-18-13-7-5-11-16(18)20(17-12-6-8-14-19(17)22)21(23)24-15-9-3-2-4-10-15;1-5(2,3)4/h2-14H,1H3;(H,2,3,4)/q+1;/p-1. The minimum absolute atomic E-state index is 0.339. The van der Waals surface area contributed by atoms with Crippen LogP contribution in [-0.2, 0) is 17.6 Å². The third kappa shape index (κ3) is 4.92. The van der Waals surface area contributed by atoms with Gasteiger partial charge >= 0.3 is 5.97 Å². The number of hydrogen-bond donors (Lipinski definition) is 0. The number of pyridine rings is 1. The Balaban J connectivity index is 0.000000431. The number of ether oxygens (including phenoxy) is 1. The third-order valence-electron chi connectivity index (χ3n) is 4.23. The highest BCUT2D eigenvalue weighted by Crippen LogP contribution is 2.26. The molecule has 4 aromatic rings. The summed E-state index contributed by atoms with van der Waals surface area (Å²) in [5.74, 6) is 0.207. The van der Waals surface area contributed by atoms with Gasteiger partial charge in [0.15, 0.2) is 0 Å². The van der Waals surface area contributed by atoms with Crippen LogP contribution in [0.25, 0.3) is 21.8 Å². The SMILES string of the molecule is C[n+]1c2ccccc2c(C(=O)Oc2ccccc2)c2ccccc21.O=S(=O)([O-])F. The molecule has 0 aliphatic rings. The Bertz CT molecular complexity index is 1230. The van der Waals surface area contributed by atoms with Crippen molar-refractivity contribution in [1.82, 2.24) is 0 Å². The minimum atomic E-state index is -5.42. The lowest BCUT2D eigenvalue weighted by molar-refractivity contribution is -0.617. The Labute approximate surface area is 166 Å². The number of nitrogens with zero attached hydrogens (tertiary/aromatic N) is 1. The molecule has 148 valence electrons. The fourth-order valence-electron chi connectivity index (χ4n) is 3.10. The van der Waals surface area contributed by atoms with Crippen molar-refractivity contribution >= 4 is 38.3 Å². The van der Waals surface area contributed by atoms with Crippen LogP contribution in [0.15, 0.2) is 78.9 Å². The Hall–Kier alpha value is -3.36. The Morgan fingerprint density at radius 3 is 1.76 bits per heavy atom. The maximum atomic E-state index is 12.9. The summed E-state index contributed by atoms with van der Waals surface area (Å²) >= 11 is 0. The van der Waals surface area contributed by atoms with Crippen LogP contribution in [0.2, 0.25) is 0 Å². The van der Waals surface area contributed by atoms with E-state index in [2.05, 4.69) is 4.57 Å². The molecule has 0 radical (unpaired) electrons. The van der Waals surface area contributed by atoms with Crippen molar-refractivity contribution in [1.29, 1.82) is 0 Å². The molecule has 0 bridgehead atoms. The van der Waals surface area contributed by atoms with E-state index in [1.807, 2.05) is 73.8 Å². The molecule has 29 heavy (non-hydrogen) atoms. The summed E-state index contributed by atoms with van der Waals surface area (Å²) in [5, 5.41) is 1.78. The number of carbonyl (C=O) groups is 1. The van der Waals surface area contributed by atoms with Gasteiger partial charge in [-0.2, -0.15) is 4.57 Å². The van der Waals surface area contributed by atoms with Crippen molar-refractivity contribution in [2.45, 2.75) is 0 Å². The first-order chi connectivity index (χ1) is 13.8. The predicted octanol–water partition coefficient (Wildman–Crippen LogP) is 3.45. The van der Waals surface area contributed by atoms with Crippen molar-refractivity contribution in [3.05, 3.63) is 84.4 Å². The number of aromatic nitrogens is 1. The number of aryl methyl sites for hydroxylation is 1. The van der Waals surface area contributed by atoms with E-state index in [0.29, 0.717) is 11.3 Å². The van der Waals surface area contributed by atoms with Gasteiger partial charge in [-0.3, -0.25) is 0 Å². The minimum Gasteiger partial charge on any atom is -0.722 e. The van der Waals surface area contributed by atoms with Gasteiger partial charge in [0.1, 0.15) is 12.8 Å². The zero-order chi connectivity index (χ0) is 21.0. The molecule has 6 nitrogen and oxygen atoms in total. The van der Waals surface area contributed by atoms with Gasteiger partial charge in [0, 0.05) is 12.1 Å². The summed E-state index contributed by atoms with van der Waals surface area (Å²) < 4.78 is 43.0. The predicted molar refractivity (Wildman–Crippen MR) is 105 cm³/mol. The van der Waals surface area contributed by atoms with Crippen LogP contribution in [0.3, 0.4) is 0 Å². The summed E-state index contributed by atoms with van der Waals surface area (Å²) in [4.78, 5) is 12.9. The lowest BCUT2D eigenvalue weighted by Crippen LogP contribution is -2.31. The fraction of sp³-hybridized carbons (Fsp3) is 0.0476. The van der Waals surface area contributed by atoms with Crippen LogP contribution in [-0.4, -0.2) is 18.9 Å². The molecule has 0 aliphatic carbocycles. The van der Waals surface area contributed by atoms with Crippen molar-refractivity contribution in [3.8, 4) is 5.75 Å². The summed E-state index contributed by atoms with van der Waals surface area (Å²) in [6.07, 6.45) is 0. The number of rotatable bonds is 2. The topological polar surface area (TPSA) is 87.4 Å². The second-order valence-electron chi connectivity index (χ2n) is 6.06. The molecule has 0 unspecified atom stereocenters. The van der Waals surface area contributed by atoms with E-state index in [9.17, 15) is 8.68 Å². The number of benzene rings is 3. The zero-order valence-corrected chi connectivity index (χ0v) is 16.1. The molecule has 0 saturated carbocycles. The van der Waals surface area contributed by atoms with Gasteiger partial charge in [0.2, 0.25) is 11.0 Å². The third-order valence-corrected chi connectivity index (χ3v) is 4.23. The first kappa shape index (κ1) is 20.4. The van der Waals surface area contributed by atoms with E-state index < -0.39 is 10.5 Å². The molecule has 4 rings (SSSR count). The second kappa shape index (κ2) is 8.34. The van der Waals surface area contributed by atoms with Crippen LogP contribution in [0.5, 0.6) is 5.75 Å². The number of esters is 1. The number of hydrogen-bond acceptors (Lipinski definition) is 5. The van der Waals surface area contributed by atoms with Gasteiger partial charge < -0.3 is 9.29 Å². The zero-order valence-electron chi connectivity index (χ0n) is 15.3. The molecule has 1 heterocycles. The number of para-hydroxylation sites is 3. The molecule has 0 amide bonds. The summed E-state index contributed by atoms with van der Waals surface area (Å²) in [6.45, 7) is 0. The largest absolute Gasteiger partial charge is 0.722 e. The van der Waals surface area contributed by atoms with Gasteiger partial charge in [-0.25, -0.2) is 13.2 Å². The average Bonchev–Trinajstić information content (AvgIpc) is 2.68. The molecule has 1 aromatic heterocycles. The highest BCUT2D eigenvalue weighted by atomic mass is 32.3. The molecule has 0 fully saturated rings. The van der Waals surface area contributed by atoms with Gasteiger partial charge in [0.05, 0.1) is 16.3 Å². The van der Waals surface area contributed by atoms with Crippen molar-refractivity contribution in [2.24, 2.45) is 7.05 Å². The smallest absolute Gasteiger partial charge is 0.345 e. The van der Waals surface area contributed by atoms with E-state index in [-0.39, 0.29) is 5.97 Å². The van der Waals surface area contributed by atoms with Crippen LogP contribution < -0.4 is 9.30 Å². The lowest BCUT2D eigenvalue weighted by Gasteiger charge is -2.10. The van der Waals surface area contributed by atoms with Crippen LogP contribution in [0, 0.1) is 0 Å². The monoisotopic (exact) mass is 413 g/mol. The molecule has 0 atom stereocenters. The van der Waals surface area contributed by atoms with E-state index >= 15 is 0 Å². The molecule has 0 saturated heterocycles. The highest BCUT2D eigenvalue weighted by molar-refractivity contribution is 7.80. The van der Waals surface area contributed by atoms with Gasteiger partial charge in [-0.15, -0.1) is 3.89 Å².